The average molecular weight is 191 g/mol. The summed E-state index contributed by atoms with van der Waals surface area (Å²) in [6.07, 6.45) is 6.90. The fourth-order valence-electron chi connectivity index (χ4n) is 1.11. The van der Waals surface area contributed by atoms with Crippen LogP contribution in [-0.4, -0.2) is 9.97 Å². The van der Waals surface area contributed by atoms with Crippen LogP contribution in [0.25, 0.3) is 11.1 Å². The SMILES string of the molecule is Clc1ccncc1-c1cccnc1. The van der Waals surface area contributed by atoms with Crippen LogP contribution in [-0.2, 0) is 0 Å². The zero-order valence-corrected chi connectivity index (χ0v) is 7.57. The molecule has 2 nitrogen and oxygen atoms in total. The van der Waals surface area contributed by atoms with E-state index in [2.05, 4.69) is 9.97 Å². The standard InChI is InChI=1S/C10H7ClN2/c11-10-3-5-13-7-9(10)8-2-1-4-12-6-8/h1-7H. The zero-order chi connectivity index (χ0) is 9.10. The molecule has 2 rings (SSSR count). The first-order valence-electron chi connectivity index (χ1n) is 3.88. The van der Waals surface area contributed by atoms with Crippen LogP contribution in [0.4, 0.5) is 0 Å². The Morgan fingerprint density at radius 2 is 1.85 bits per heavy atom. The molecular formula is C10H7ClN2. The summed E-state index contributed by atoms with van der Waals surface area (Å²) in [6.45, 7) is 0. The summed E-state index contributed by atoms with van der Waals surface area (Å²) in [5.74, 6) is 0. The molecule has 0 radical (unpaired) electrons. The second-order valence-corrected chi connectivity index (χ2v) is 3.00. The van der Waals surface area contributed by atoms with E-state index in [1.54, 1.807) is 30.9 Å². The Balaban J connectivity index is 2.54. The monoisotopic (exact) mass is 190 g/mol. The van der Waals surface area contributed by atoms with Crippen LogP contribution in [0.5, 0.6) is 0 Å². The first-order valence-corrected chi connectivity index (χ1v) is 4.25. The van der Waals surface area contributed by atoms with Crippen molar-refractivity contribution in [1.29, 1.82) is 0 Å². The van der Waals surface area contributed by atoms with Crippen LogP contribution in [0.2, 0.25) is 5.02 Å². The molecule has 0 unspecified atom stereocenters. The van der Waals surface area contributed by atoms with Crippen molar-refractivity contribution in [2.45, 2.75) is 0 Å². The van der Waals surface area contributed by atoms with Gasteiger partial charge in [0.05, 0.1) is 5.02 Å². The number of hydrogen-bond acceptors (Lipinski definition) is 2. The summed E-state index contributed by atoms with van der Waals surface area (Å²) in [7, 11) is 0. The number of hydrogen-bond donors (Lipinski definition) is 0. The topological polar surface area (TPSA) is 25.8 Å². The fourth-order valence-corrected chi connectivity index (χ4v) is 1.33. The smallest absolute Gasteiger partial charge is 0.0515 e. The molecule has 2 aromatic rings. The summed E-state index contributed by atoms with van der Waals surface area (Å²) in [4.78, 5) is 8.03. The first-order chi connectivity index (χ1) is 6.38. The van der Waals surface area contributed by atoms with E-state index in [4.69, 9.17) is 11.6 Å². The lowest BCUT2D eigenvalue weighted by atomic mass is 10.1. The van der Waals surface area contributed by atoms with E-state index in [1.165, 1.54) is 0 Å². The van der Waals surface area contributed by atoms with Crippen molar-refractivity contribution in [3.05, 3.63) is 48.0 Å². The minimum Gasteiger partial charge on any atom is -0.264 e. The van der Waals surface area contributed by atoms with Crippen molar-refractivity contribution in [2.24, 2.45) is 0 Å². The molecule has 0 aliphatic heterocycles. The summed E-state index contributed by atoms with van der Waals surface area (Å²) in [6, 6.07) is 5.60. The van der Waals surface area contributed by atoms with E-state index >= 15 is 0 Å². The second kappa shape index (κ2) is 3.54. The molecule has 0 saturated carbocycles. The summed E-state index contributed by atoms with van der Waals surface area (Å²) in [5, 5.41) is 0.697. The van der Waals surface area contributed by atoms with E-state index in [1.807, 2.05) is 12.1 Å². The van der Waals surface area contributed by atoms with Gasteiger partial charge in [-0.15, -0.1) is 0 Å². The number of aromatic nitrogens is 2. The largest absolute Gasteiger partial charge is 0.264 e. The molecule has 0 spiro atoms. The van der Waals surface area contributed by atoms with Gasteiger partial charge >= 0.3 is 0 Å². The van der Waals surface area contributed by atoms with Crippen molar-refractivity contribution in [3.63, 3.8) is 0 Å². The molecule has 13 heavy (non-hydrogen) atoms. The van der Waals surface area contributed by atoms with Crippen molar-refractivity contribution in [3.8, 4) is 11.1 Å². The maximum Gasteiger partial charge on any atom is 0.0515 e. The van der Waals surface area contributed by atoms with Crippen molar-refractivity contribution < 1.29 is 0 Å². The van der Waals surface area contributed by atoms with Crippen LogP contribution in [0.15, 0.2) is 43.0 Å². The van der Waals surface area contributed by atoms with E-state index in [-0.39, 0.29) is 0 Å². The average Bonchev–Trinajstić information content (AvgIpc) is 2.20. The van der Waals surface area contributed by atoms with Crippen molar-refractivity contribution in [2.75, 3.05) is 0 Å². The molecule has 0 bridgehead atoms. The molecule has 0 aliphatic rings. The van der Waals surface area contributed by atoms with Gasteiger partial charge in [0.2, 0.25) is 0 Å². The van der Waals surface area contributed by atoms with Crippen LogP contribution in [0.1, 0.15) is 0 Å². The van der Waals surface area contributed by atoms with Crippen LogP contribution < -0.4 is 0 Å². The molecule has 0 aliphatic carbocycles. The van der Waals surface area contributed by atoms with Crippen molar-refractivity contribution in [1.82, 2.24) is 9.97 Å². The van der Waals surface area contributed by atoms with Gasteiger partial charge in [-0.2, -0.15) is 0 Å². The minimum absolute atomic E-state index is 0.697. The maximum atomic E-state index is 5.99. The van der Waals surface area contributed by atoms with Gasteiger partial charge < -0.3 is 0 Å². The normalized spacial score (nSPS) is 9.92. The van der Waals surface area contributed by atoms with Gasteiger partial charge in [-0.1, -0.05) is 17.7 Å². The molecule has 0 atom stereocenters. The van der Waals surface area contributed by atoms with Crippen LogP contribution in [0, 0.1) is 0 Å². The highest BCUT2D eigenvalue weighted by molar-refractivity contribution is 6.33. The van der Waals surface area contributed by atoms with E-state index in [9.17, 15) is 0 Å². The third kappa shape index (κ3) is 1.68. The Kier molecular flexibility index (Phi) is 2.23. The first kappa shape index (κ1) is 8.20. The summed E-state index contributed by atoms with van der Waals surface area (Å²) < 4.78 is 0. The summed E-state index contributed by atoms with van der Waals surface area (Å²) in [5.41, 5.74) is 1.90. The van der Waals surface area contributed by atoms with E-state index < -0.39 is 0 Å². The van der Waals surface area contributed by atoms with Gasteiger partial charge in [-0.25, -0.2) is 0 Å². The third-order valence-electron chi connectivity index (χ3n) is 1.74. The molecule has 0 saturated heterocycles. The second-order valence-electron chi connectivity index (χ2n) is 2.60. The Morgan fingerprint density at radius 1 is 1.00 bits per heavy atom. The van der Waals surface area contributed by atoms with Crippen LogP contribution in [0.3, 0.4) is 0 Å². The van der Waals surface area contributed by atoms with E-state index in [0.717, 1.165) is 11.1 Å². The zero-order valence-electron chi connectivity index (χ0n) is 6.81. The molecule has 0 amide bonds. The third-order valence-corrected chi connectivity index (χ3v) is 2.07. The lowest BCUT2D eigenvalue weighted by molar-refractivity contribution is 1.30. The summed E-state index contributed by atoms with van der Waals surface area (Å²) >= 11 is 5.99. The van der Waals surface area contributed by atoms with Gasteiger partial charge in [0.25, 0.3) is 0 Å². The molecular weight excluding hydrogens is 184 g/mol. The maximum absolute atomic E-state index is 5.99. The number of halogens is 1. The molecule has 2 heterocycles. The van der Waals surface area contributed by atoms with Gasteiger partial charge in [0.1, 0.15) is 0 Å². The molecule has 64 valence electrons. The number of nitrogens with zero attached hydrogens (tertiary/aromatic N) is 2. The van der Waals surface area contributed by atoms with Crippen molar-refractivity contribution >= 4 is 11.6 Å². The quantitative estimate of drug-likeness (QED) is 0.691. The lowest BCUT2D eigenvalue weighted by Crippen LogP contribution is -1.81. The minimum atomic E-state index is 0.697. The number of pyridine rings is 2. The number of rotatable bonds is 1. The Labute approximate surface area is 81.2 Å². The van der Waals surface area contributed by atoms with Crippen LogP contribution >= 0.6 is 11.6 Å². The van der Waals surface area contributed by atoms with E-state index in [0.29, 0.717) is 5.02 Å². The van der Waals surface area contributed by atoms with Gasteiger partial charge in [0.15, 0.2) is 0 Å². The highest BCUT2D eigenvalue weighted by Crippen LogP contribution is 2.25. The van der Waals surface area contributed by atoms with Gasteiger partial charge in [-0.05, 0) is 12.1 Å². The van der Waals surface area contributed by atoms with Gasteiger partial charge in [0, 0.05) is 35.9 Å². The molecule has 0 fully saturated rings. The Morgan fingerprint density at radius 3 is 2.54 bits per heavy atom. The molecule has 0 N–H and O–H groups in total. The highest BCUT2D eigenvalue weighted by Gasteiger charge is 2.01. The lowest BCUT2D eigenvalue weighted by Gasteiger charge is -2.01. The Bertz CT molecular complexity index is 401. The highest BCUT2D eigenvalue weighted by atomic mass is 35.5. The fraction of sp³-hybridized carbons (Fsp3) is 0. The Hall–Kier alpha value is -1.41. The van der Waals surface area contributed by atoms with Gasteiger partial charge in [-0.3, -0.25) is 9.97 Å². The predicted octanol–water partition coefficient (Wildman–Crippen LogP) is 2.80. The predicted molar refractivity (Wildman–Crippen MR) is 52.5 cm³/mol. The molecule has 3 heteroatoms. The molecule has 2 aromatic heterocycles. The molecule has 0 aromatic carbocycles.